The van der Waals surface area contributed by atoms with Gasteiger partial charge in [-0.15, -0.1) is 0 Å². The number of aryl methyl sites for hydroxylation is 1. The first-order valence-electron chi connectivity index (χ1n) is 5.15. The van der Waals surface area contributed by atoms with Crippen LogP contribution in [0.25, 0.3) is 0 Å². The summed E-state index contributed by atoms with van der Waals surface area (Å²) in [5.74, 6) is -2.19. The highest BCUT2D eigenvalue weighted by Crippen LogP contribution is 2.23. The number of carboxylic acids is 1. The van der Waals surface area contributed by atoms with Crippen molar-refractivity contribution < 1.29 is 22.7 Å². The molecule has 0 aliphatic heterocycles. The van der Waals surface area contributed by atoms with Crippen LogP contribution in [-0.2, 0) is 14.8 Å². The molecule has 0 bridgehead atoms. The third-order valence-electron chi connectivity index (χ3n) is 2.70. The van der Waals surface area contributed by atoms with Crippen LogP contribution in [0.15, 0.2) is 23.1 Å². The number of aliphatic carboxylic acids is 1. The first-order valence-corrected chi connectivity index (χ1v) is 6.59. The number of likely N-dealkylation sites (N-methyl/N-ethyl adjacent to an activating group) is 1. The number of carboxylic acid groups (broad SMARTS) is 1. The zero-order valence-electron chi connectivity index (χ0n) is 10.2. The van der Waals surface area contributed by atoms with Gasteiger partial charge in [-0.2, -0.15) is 4.31 Å². The van der Waals surface area contributed by atoms with Crippen LogP contribution >= 0.6 is 0 Å². The van der Waals surface area contributed by atoms with Crippen molar-refractivity contribution in [2.45, 2.75) is 24.8 Å². The number of halogens is 1. The van der Waals surface area contributed by atoms with Crippen LogP contribution in [0.2, 0.25) is 0 Å². The quantitative estimate of drug-likeness (QED) is 0.896. The zero-order valence-corrected chi connectivity index (χ0v) is 11.0. The van der Waals surface area contributed by atoms with Crippen LogP contribution in [0.4, 0.5) is 4.39 Å². The summed E-state index contributed by atoms with van der Waals surface area (Å²) in [7, 11) is -3.06. The van der Waals surface area contributed by atoms with Crippen LogP contribution in [0, 0.1) is 12.7 Å². The molecule has 0 saturated carbocycles. The summed E-state index contributed by atoms with van der Waals surface area (Å²) < 4.78 is 38.5. The van der Waals surface area contributed by atoms with Gasteiger partial charge in [-0.1, -0.05) is 12.1 Å². The molecule has 0 heterocycles. The molecule has 0 aromatic heterocycles. The van der Waals surface area contributed by atoms with Gasteiger partial charge >= 0.3 is 5.97 Å². The van der Waals surface area contributed by atoms with E-state index in [0.29, 0.717) is 4.31 Å². The van der Waals surface area contributed by atoms with E-state index in [1.54, 1.807) is 0 Å². The number of nitrogens with zero attached hydrogens (tertiary/aromatic N) is 1. The lowest BCUT2D eigenvalue weighted by Gasteiger charge is -2.22. The van der Waals surface area contributed by atoms with Crippen LogP contribution in [-0.4, -0.2) is 36.9 Å². The van der Waals surface area contributed by atoms with E-state index in [-0.39, 0.29) is 5.56 Å². The van der Waals surface area contributed by atoms with Crippen LogP contribution in [0.5, 0.6) is 0 Å². The number of hydrogen-bond acceptors (Lipinski definition) is 3. The largest absolute Gasteiger partial charge is 0.480 e. The van der Waals surface area contributed by atoms with Gasteiger partial charge < -0.3 is 5.11 Å². The zero-order chi connectivity index (χ0) is 14.1. The lowest BCUT2D eigenvalue weighted by molar-refractivity contribution is -0.140. The summed E-state index contributed by atoms with van der Waals surface area (Å²) in [6, 6.07) is 2.60. The van der Waals surface area contributed by atoms with Crippen molar-refractivity contribution in [3.8, 4) is 0 Å². The van der Waals surface area contributed by atoms with Crippen molar-refractivity contribution in [1.82, 2.24) is 4.31 Å². The molecule has 1 aromatic carbocycles. The summed E-state index contributed by atoms with van der Waals surface area (Å²) in [6.45, 7) is 2.67. The van der Waals surface area contributed by atoms with Gasteiger partial charge in [0, 0.05) is 7.05 Å². The topological polar surface area (TPSA) is 74.7 Å². The smallest absolute Gasteiger partial charge is 0.321 e. The minimum absolute atomic E-state index is 0.236. The molecule has 0 fully saturated rings. The number of hydrogen-bond donors (Lipinski definition) is 1. The van der Waals surface area contributed by atoms with Crippen molar-refractivity contribution in [3.05, 3.63) is 29.6 Å². The lowest BCUT2D eigenvalue weighted by Crippen LogP contribution is -2.40. The highest BCUT2D eigenvalue weighted by Gasteiger charge is 2.32. The molecule has 1 aromatic rings. The van der Waals surface area contributed by atoms with Crippen LogP contribution in [0.3, 0.4) is 0 Å². The molecule has 1 rings (SSSR count). The Morgan fingerprint density at radius 3 is 2.44 bits per heavy atom. The van der Waals surface area contributed by atoms with Crippen molar-refractivity contribution in [1.29, 1.82) is 0 Å². The second-order valence-corrected chi connectivity index (χ2v) is 5.86. The summed E-state index contributed by atoms with van der Waals surface area (Å²) in [5.41, 5.74) is 0.236. The van der Waals surface area contributed by atoms with E-state index < -0.39 is 32.7 Å². The summed E-state index contributed by atoms with van der Waals surface area (Å²) in [6.07, 6.45) is 0. The van der Waals surface area contributed by atoms with E-state index in [9.17, 15) is 17.6 Å². The maximum Gasteiger partial charge on any atom is 0.321 e. The van der Waals surface area contributed by atoms with Gasteiger partial charge in [0.15, 0.2) is 0 Å². The highest BCUT2D eigenvalue weighted by atomic mass is 32.2. The van der Waals surface area contributed by atoms with Crippen molar-refractivity contribution in [2.75, 3.05) is 7.05 Å². The van der Waals surface area contributed by atoms with E-state index in [1.165, 1.54) is 26.0 Å². The third-order valence-corrected chi connectivity index (χ3v) is 4.81. The molecule has 1 atom stereocenters. The SMILES string of the molecule is Cc1cccc(F)c1S(=O)(=O)N(C)C(C)C(=O)O. The average molecular weight is 275 g/mol. The van der Waals surface area contributed by atoms with Gasteiger partial charge in [0.05, 0.1) is 0 Å². The fourth-order valence-electron chi connectivity index (χ4n) is 1.45. The average Bonchev–Trinajstić information content (AvgIpc) is 2.26. The Labute approximate surface area is 105 Å². The van der Waals surface area contributed by atoms with E-state index in [1.807, 2.05) is 0 Å². The van der Waals surface area contributed by atoms with Gasteiger partial charge in [0.2, 0.25) is 10.0 Å². The molecule has 0 amide bonds. The minimum atomic E-state index is -4.17. The number of carbonyl (C=O) groups is 1. The van der Waals surface area contributed by atoms with Gasteiger partial charge in [0.1, 0.15) is 16.8 Å². The van der Waals surface area contributed by atoms with Gasteiger partial charge in [-0.25, -0.2) is 12.8 Å². The Hall–Kier alpha value is -1.47. The molecule has 0 radical (unpaired) electrons. The normalized spacial score (nSPS) is 13.6. The van der Waals surface area contributed by atoms with Gasteiger partial charge in [-0.3, -0.25) is 4.79 Å². The van der Waals surface area contributed by atoms with Crippen molar-refractivity contribution in [2.24, 2.45) is 0 Å². The monoisotopic (exact) mass is 275 g/mol. The summed E-state index contributed by atoms with van der Waals surface area (Å²) >= 11 is 0. The molecular formula is C11H14FNO4S. The second kappa shape index (κ2) is 5.03. The molecule has 0 spiro atoms. The third kappa shape index (κ3) is 2.51. The Bertz CT molecular complexity index is 550. The highest BCUT2D eigenvalue weighted by molar-refractivity contribution is 7.89. The molecule has 100 valence electrons. The molecule has 18 heavy (non-hydrogen) atoms. The molecule has 1 unspecified atom stereocenters. The Balaban J connectivity index is 3.35. The molecule has 0 aliphatic rings. The van der Waals surface area contributed by atoms with Gasteiger partial charge in [0.25, 0.3) is 0 Å². The summed E-state index contributed by atoms with van der Waals surface area (Å²) in [5, 5.41) is 8.80. The predicted octanol–water partition coefficient (Wildman–Crippen LogP) is 1.23. The molecular weight excluding hydrogens is 261 g/mol. The first kappa shape index (κ1) is 14.6. The second-order valence-electron chi connectivity index (χ2n) is 3.92. The van der Waals surface area contributed by atoms with E-state index in [2.05, 4.69) is 0 Å². The lowest BCUT2D eigenvalue weighted by atomic mass is 10.2. The molecule has 5 nitrogen and oxygen atoms in total. The molecule has 0 aliphatic carbocycles. The Kier molecular flexibility index (Phi) is 4.08. The molecule has 1 N–H and O–H groups in total. The van der Waals surface area contributed by atoms with E-state index in [4.69, 9.17) is 5.11 Å². The number of benzene rings is 1. The standard InChI is InChI=1S/C11H14FNO4S/c1-7-5-4-6-9(12)10(7)18(16,17)13(3)8(2)11(14)15/h4-6,8H,1-3H3,(H,14,15). The van der Waals surface area contributed by atoms with Gasteiger partial charge in [-0.05, 0) is 25.5 Å². The minimum Gasteiger partial charge on any atom is -0.480 e. The van der Waals surface area contributed by atoms with E-state index >= 15 is 0 Å². The fraction of sp³-hybridized carbons (Fsp3) is 0.364. The first-order chi connectivity index (χ1) is 8.19. The molecule has 0 saturated heterocycles. The van der Waals surface area contributed by atoms with Crippen LogP contribution < -0.4 is 0 Å². The summed E-state index contributed by atoms with van der Waals surface area (Å²) in [4.78, 5) is 10.3. The molecule has 7 heteroatoms. The maximum absolute atomic E-state index is 13.6. The van der Waals surface area contributed by atoms with Crippen molar-refractivity contribution >= 4 is 16.0 Å². The Morgan fingerprint density at radius 1 is 1.44 bits per heavy atom. The van der Waals surface area contributed by atoms with Crippen LogP contribution in [0.1, 0.15) is 12.5 Å². The predicted molar refractivity (Wildman–Crippen MR) is 63.2 cm³/mol. The fourth-order valence-corrected chi connectivity index (χ4v) is 3.03. The Morgan fingerprint density at radius 2 is 2.00 bits per heavy atom. The van der Waals surface area contributed by atoms with Crippen molar-refractivity contribution in [3.63, 3.8) is 0 Å². The number of rotatable bonds is 4. The number of sulfonamides is 1. The maximum atomic E-state index is 13.6. The van der Waals surface area contributed by atoms with E-state index in [0.717, 1.165) is 13.1 Å².